The van der Waals surface area contributed by atoms with Crippen LogP contribution < -0.4 is 0 Å². The van der Waals surface area contributed by atoms with Gasteiger partial charge in [0, 0.05) is 0 Å². The third-order valence-corrected chi connectivity index (χ3v) is 7.79. The highest BCUT2D eigenvalue weighted by Crippen LogP contribution is 2.12. The number of hydrogen-bond acceptors (Lipinski definition) is 3. The monoisotopic (exact) mass is 603 g/mol. The second-order valence-electron chi connectivity index (χ2n) is 12.5. The van der Waals surface area contributed by atoms with Crippen molar-refractivity contribution in [2.24, 2.45) is 0 Å². The molecule has 0 aromatic heterocycles. The highest BCUT2D eigenvalue weighted by molar-refractivity contribution is 4.48. The van der Waals surface area contributed by atoms with Gasteiger partial charge in [0.15, 0.2) is 0 Å². The minimum absolute atomic E-state index is 0.365. The van der Waals surface area contributed by atoms with Crippen LogP contribution in [0.4, 0.5) is 0 Å². The van der Waals surface area contributed by atoms with E-state index in [2.05, 4.69) is 41.5 Å². The summed E-state index contributed by atoms with van der Waals surface area (Å²) in [4.78, 5) is 0. The van der Waals surface area contributed by atoms with Crippen LogP contribution in [0.5, 0.6) is 0 Å². The lowest BCUT2D eigenvalue weighted by atomic mass is 10.1. The van der Waals surface area contributed by atoms with E-state index >= 15 is 0 Å². The fraction of sp³-hybridized carbons (Fsp3) is 1.00. The van der Waals surface area contributed by atoms with Gasteiger partial charge in [-0.3, -0.25) is 0 Å². The molecule has 0 saturated heterocycles. The Labute approximate surface area is 268 Å². The SMILES string of the molecule is CCCCCCCCCCCC.CCCCCCCCCCCC.CCCCCCCCCCCC.OCC(O)CO. The normalized spacial score (nSPS) is 10.4. The largest absolute Gasteiger partial charge is 0.394 e. The van der Waals surface area contributed by atoms with Gasteiger partial charge < -0.3 is 15.3 Å². The molecule has 0 heterocycles. The molecule has 0 bridgehead atoms. The maximum absolute atomic E-state index is 8.17. The van der Waals surface area contributed by atoms with E-state index in [1.165, 1.54) is 193 Å². The first-order valence-electron chi connectivity index (χ1n) is 19.4. The average Bonchev–Trinajstić information content (AvgIpc) is 3.02. The summed E-state index contributed by atoms with van der Waals surface area (Å²) in [5, 5.41) is 24.0. The van der Waals surface area contributed by atoms with Crippen molar-refractivity contribution >= 4 is 0 Å². The smallest absolute Gasteiger partial charge is 0.100 e. The van der Waals surface area contributed by atoms with Crippen LogP contribution in [0.1, 0.15) is 234 Å². The van der Waals surface area contributed by atoms with Gasteiger partial charge >= 0.3 is 0 Å². The summed E-state index contributed by atoms with van der Waals surface area (Å²) in [5.74, 6) is 0. The van der Waals surface area contributed by atoms with Gasteiger partial charge in [-0.25, -0.2) is 0 Å². The van der Waals surface area contributed by atoms with Crippen LogP contribution in [-0.2, 0) is 0 Å². The lowest BCUT2D eigenvalue weighted by Crippen LogP contribution is -2.15. The third kappa shape index (κ3) is 63.2. The van der Waals surface area contributed by atoms with Gasteiger partial charge in [-0.15, -0.1) is 0 Å². The first-order valence-corrected chi connectivity index (χ1v) is 19.4. The van der Waals surface area contributed by atoms with Crippen molar-refractivity contribution in [1.29, 1.82) is 0 Å². The Balaban J connectivity index is -0.000000235. The minimum atomic E-state index is -0.954. The van der Waals surface area contributed by atoms with Crippen molar-refractivity contribution in [1.82, 2.24) is 0 Å². The van der Waals surface area contributed by atoms with E-state index in [9.17, 15) is 0 Å². The number of rotatable bonds is 29. The standard InChI is InChI=1S/3C12H26.C3H8O3/c3*1-3-5-7-9-11-12-10-8-6-4-2;4-1-3(6)2-5/h3*3-12H2,1-2H3;3-6H,1-2H2. The van der Waals surface area contributed by atoms with Gasteiger partial charge in [-0.05, 0) is 0 Å². The molecule has 3 N–H and O–H groups in total. The topological polar surface area (TPSA) is 60.7 Å². The molecule has 42 heavy (non-hydrogen) atoms. The third-order valence-electron chi connectivity index (χ3n) is 7.79. The van der Waals surface area contributed by atoms with Gasteiger partial charge in [0.05, 0.1) is 13.2 Å². The molecular formula is C39H86O3. The zero-order chi connectivity index (χ0) is 32.2. The molecule has 0 fully saturated rings. The van der Waals surface area contributed by atoms with E-state index in [1.54, 1.807) is 0 Å². The van der Waals surface area contributed by atoms with Crippen LogP contribution in [0.2, 0.25) is 0 Å². The Morgan fingerprint density at radius 3 is 0.452 bits per heavy atom. The predicted molar refractivity (Wildman–Crippen MR) is 193 cm³/mol. The van der Waals surface area contributed by atoms with Gasteiger partial charge in [0.25, 0.3) is 0 Å². The van der Waals surface area contributed by atoms with E-state index in [-0.39, 0.29) is 13.2 Å². The molecule has 0 aliphatic heterocycles. The Bertz CT molecular complexity index is 293. The van der Waals surface area contributed by atoms with Gasteiger partial charge in [0.1, 0.15) is 6.10 Å². The Morgan fingerprint density at radius 1 is 0.262 bits per heavy atom. The maximum Gasteiger partial charge on any atom is 0.100 e. The van der Waals surface area contributed by atoms with Gasteiger partial charge in [-0.1, -0.05) is 234 Å². The first-order chi connectivity index (χ1) is 20.6. The molecule has 0 radical (unpaired) electrons. The summed E-state index contributed by atoms with van der Waals surface area (Å²) in [6.07, 6.45) is 42.4. The molecule has 3 nitrogen and oxygen atoms in total. The molecule has 0 atom stereocenters. The molecule has 0 rings (SSSR count). The number of hydrogen-bond donors (Lipinski definition) is 3. The molecule has 260 valence electrons. The Kier molecular flexibility index (Phi) is 62.1. The van der Waals surface area contributed by atoms with Crippen molar-refractivity contribution in [3.63, 3.8) is 0 Å². The van der Waals surface area contributed by atoms with Crippen LogP contribution in [0.15, 0.2) is 0 Å². The summed E-state index contributed by atoms with van der Waals surface area (Å²) in [6.45, 7) is 12.9. The molecule has 3 heteroatoms. The average molecular weight is 603 g/mol. The van der Waals surface area contributed by atoms with Crippen LogP contribution in [0.3, 0.4) is 0 Å². The molecule has 0 saturated carbocycles. The Morgan fingerprint density at radius 2 is 0.381 bits per heavy atom. The lowest BCUT2D eigenvalue weighted by Gasteiger charge is -1.99. The van der Waals surface area contributed by atoms with Gasteiger partial charge in [0.2, 0.25) is 0 Å². The minimum Gasteiger partial charge on any atom is -0.394 e. The molecule has 0 aliphatic rings. The molecule has 0 aromatic rings. The molecule has 0 aromatic carbocycles. The summed E-state index contributed by atoms with van der Waals surface area (Å²) in [6, 6.07) is 0. The fourth-order valence-electron chi connectivity index (χ4n) is 4.74. The maximum atomic E-state index is 8.17. The molecule has 0 amide bonds. The van der Waals surface area contributed by atoms with Crippen LogP contribution in [-0.4, -0.2) is 34.6 Å². The zero-order valence-electron chi connectivity index (χ0n) is 30.5. The van der Waals surface area contributed by atoms with Crippen molar-refractivity contribution in [2.75, 3.05) is 13.2 Å². The quantitative estimate of drug-likeness (QED) is 0.0746. The lowest BCUT2D eigenvalue weighted by molar-refractivity contribution is 0.0450. The predicted octanol–water partition coefficient (Wildman–Crippen LogP) is 13.1. The summed E-state index contributed by atoms with van der Waals surface area (Å²) < 4.78 is 0. The summed E-state index contributed by atoms with van der Waals surface area (Å²) >= 11 is 0. The van der Waals surface area contributed by atoms with Crippen molar-refractivity contribution in [2.45, 2.75) is 240 Å². The molecule has 0 spiro atoms. The van der Waals surface area contributed by atoms with Crippen LogP contribution >= 0.6 is 0 Å². The second kappa shape index (κ2) is 53.4. The van der Waals surface area contributed by atoms with E-state index in [0.29, 0.717) is 0 Å². The van der Waals surface area contributed by atoms with Crippen molar-refractivity contribution in [3.05, 3.63) is 0 Å². The summed E-state index contributed by atoms with van der Waals surface area (Å²) in [7, 11) is 0. The van der Waals surface area contributed by atoms with Crippen LogP contribution in [0, 0.1) is 0 Å². The molecule has 0 aliphatic carbocycles. The Hall–Kier alpha value is -0.120. The highest BCUT2D eigenvalue weighted by Gasteiger charge is 1.94. The molecular weight excluding hydrogens is 516 g/mol. The first kappa shape index (κ1) is 48.8. The highest BCUT2D eigenvalue weighted by atomic mass is 16.3. The van der Waals surface area contributed by atoms with Crippen molar-refractivity contribution < 1.29 is 15.3 Å². The summed E-state index contributed by atoms with van der Waals surface area (Å²) in [5.41, 5.74) is 0. The van der Waals surface area contributed by atoms with Gasteiger partial charge in [-0.2, -0.15) is 0 Å². The van der Waals surface area contributed by atoms with Crippen LogP contribution in [0.25, 0.3) is 0 Å². The van der Waals surface area contributed by atoms with Crippen molar-refractivity contribution in [3.8, 4) is 0 Å². The molecule has 0 unspecified atom stereocenters. The fourth-order valence-corrected chi connectivity index (χ4v) is 4.74. The number of aliphatic hydroxyl groups is 3. The van der Waals surface area contributed by atoms with E-state index in [1.807, 2.05) is 0 Å². The van der Waals surface area contributed by atoms with E-state index in [0.717, 1.165) is 0 Å². The zero-order valence-corrected chi connectivity index (χ0v) is 30.5. The number of aliphatic hydroxyl groups excluding tert-OH is 3. The second-order valence-corrected chi connectivity index (χ2v) is 12.5. The van der Waals surface area contributed by atoms with E-state index < -0.39 is 6.10 Å². The number of unbranched alkanes of at least 4 members (excludes halogenated alkanes) is 27. The van der Waals surface area contributed by atoms with E-state index in [4.69, 9.17) is 15.3 Å².